The summed E-state index contributed by atoms with van der Waals surface area (Å²) in [5, 5.41) is 6.56. The minimum Gasteiger partial charge on any atom is -0.456 e. The van der Waals surface area contributed by atoms with Crippen molar-refractivity contribution in [2.24, 2.45) is 0 Å². The first-order valence-corrected chi connectivity index (χ1v) is 15.9. The van der Waals surface area contributed by atoms with Gasteiger partial charge in [-0.05, 0) is 46.7 Å². The van der Waals surface area contributed by atoms with Gasteiger partial charge in [-0.25, -0.2) is 15.0 Å². The molecule has 0 aliphatic carbocycles. The molecular formula is C43H25N3O2. The van der Waals surface area contributed by atoms with E-state index in [1.165, 1.54) is 0 Å². The molecule has 0 radical (unpaired) electrons. The molecule has 5 heteroatoms. The van der Waals surface area contributed by atoms with Crippen LogP contribution in [0.1, 0.15) is 0 Å². The van der Waals surface area contributed by atoms with Crippen molar-refractivity contribution >= 4 is 54.6 Å². The first-order valence-electron chi connectivity index (χ1n) is 15.9. The molecule has 0 aliphatic heterocycles. The van der Waals surface area contributed by atoms with Crippen molar-refractivity contribution in [1.29, 1.82) is 0 Å². The van der Waals surface area contributed by atoms with Gasteiger partial charge >= 0.3 is 0 Å². The fraction of sp³-hybridized carbons (Fsp3) is 0. The Labute approximate surface area is 274 Å². The molecule has 224 valence electrons. The molecule has 0 N–H and O–H groups in total. The smallest absolute Gasteiger partial charge is 0.164 e. The second-order valence-corrected chi connectivity index (χ2v) is 12.0. The second-order valence-electron chi connectivity index (χ2n) is 12.0. The molecule has 0 unspecified atom stereocenters. The summed E-state index contributed by atoms with van der Waals surface area (Å²) in [5.41, 5.74) is 8.29. The molecule has 3 heterocycles. The molecule has 0 atom stereocenters. The maximum Gasteiger partial charge on any atom is 0.164 e. The summed E-state index contributed by atoms with van der Waals surface area (Å²) in [6, 6.07) is 51.5. The molecule has 0 fully saturated rings. The second kappa shape index (κ2) is 10.5. The maximum absolute atomic E-state index is 6.70. The van der Waals surface area contributed by atoms with E-state index in [1.807, 2.05) is 78.9 Å². The van der Waals surface area contributed by atoms with Crippen LogP contribution in [0.25, 0.3) is 99.9 Å². The van der Waals surface area contributed by atoms with Gasteiger partial charge in [0.1, 0.15) is 22.3 Å². The largest absolute Gasteiger partial charge is 0.456 e. The lowest BCUT2D eigenvalue weighted by molar-refractivity contribution is 0.668. The summed E-state index contributed by atoms with van der Waals surface area (Å²) in [5.74, 6) is 1.83. The molecule has 0 amide bonds. The van der Waals surface area contributed by atoms with Crippen molar-refractivity contribution in [3.63, 3.8) is 0 Å². The van der Waals surface area contributed by atoms with Gasteiger partial charge < -0.3 is 8.83 Å². The molecule has 48 heavy (non-hydrogen) atoms. The van der Waals surface area contributed by atoms with Crippen LogP contribution in [0.4, 0.5) is 0 Å². The van der Waals surface area contributed by atoms with Crippen LogP contribution in [0.15, 0.2) is 160 Å². The van der Waals surface area contributed by atoms with Crippen LogP contribution in [0.5, 0.6) is 0 Å². The first kappa shape index (κ1) is 26.6. The van der Waals surface area contributed by atoms with E-state index >= 15 is 0 Å². The Morgan fingerprint density at radius 2 is 0.938 bits per heavy atom. The number of para-hydroxylation sites is 1. The minimum atomic E-state index is 0.588. The number of nitrogens with zero attached hydrogens (tertiary/aromatic N) is 3. The summed E-state index contributed by atoms with van der Waals surface area (Å²) in [7, 11) is 0. The maximum atomic E-state index is 6.70. The van der Waals surface area contributed by atoms with Crippen LogP contribution in [-0.2, 0) is 0 Å². The van der Waals surface area contributed by atoms with Crippen molar-refractivity contribution in [3.05, 3.63) is 152 Å². The van der Waals surface area contributed by atoms with Gasteiger partial charge in [0.15, 0.2) is 17.5 Å². The van der Waals surface area contributed by atoms with Gasteiger partial charge in [-0.3, -0.25) is 0 Å². The number of rotatable bonds is 4. The topological polar surface area (TPSA) is 65.0 Å². The van der Waals surface area contributed by atoms with E-state index in [-0.39, 0.29) is 0 Å². The quantitative estimate of drug-likeness (QED) is 0.197. The summed E-state index contributed by atoms with van der Waals surface area (Å²) in [4.78, 5) is 14.8. The SMILES string of the molecule is c1ccc(-c2nc(-c3ccccc3)nc(-c3ccc4c(c3)oc3cc5ccccc5c(-c5cccc6oc7ccccc7c56)c34)n2)cc1. The Balaban J connectivity index is 1.23. The molecule has 0 saturated heterocycles. The normalized spacial score (nSPS) is 11.8. The summed E-state index contributed by atoms with van der Waals surface area (Å²) < 4.78 is 13.0. The predicted molar refractivity (Wildman–Crippen MR) is 194 cm³/mol. The number of fused-ring (bicyclic) bond motifs is 7. The van der Waals surface area contributed by atoms with Crippen LogP contribution < -0.4 is 0 Å². The van der Waals surface area contributed by atoms with Gasteiger partial charge in [-0.1, -0.05) is 121 Å². The van der Waals surface area contributed by atoms with E-state index in [2.05, 4.69) is 72.8 Å². The molecule has 0 bridgehead atoms. The summed E-state index contributed by atoms with van der Waals surface area (Å²) >= 11 is 0. The molecule has 10 aromatic rings. The average molecular weight is 616 g/mol. The van der Waals surface area contributed by atoms with Crippen LogP contribution in [-0.4, -0.2) is 15.0 Å². The third kappa shape index (κ3) is 4.15. The lowest BCUT2D eigenvalue weighted by atomic mass is 9.90. The summed E-state index contributed by atoms with van der Waals surface area (Å²) in [6.45, 7) is 0. The monoisotopic (exact) mass is 615 g/mol. The van der Waals surface area contributed by atoms with Crippen LogP contribution in [0.2, 0.25) is 0 Å². The number of benzene rings is 7. The van der Waals surface area contributed by atoms with E-state index in [0.717, 1.165) is 82.5 Å². The molecule has 0 saturated carbocycles. The predicted octanol–water partition coefficient (Wildman–Crippen LogP) is 11.5. The van der Waals surface area contributed by atoms with Crippen LogP contribution in [0.3, 0.4) is 0 Å². The van der Waals surface area contributed by atoms with Crippen LogP contribution >= 0.6 is 0 Å². The van der Waals surface area contributed by atoms with E-state index < -0.39 is 0 Å². The minimum absolute atomic E-state index is 0.588. The Kier molecular flexibility index (Phi) is 5.81. The van der Waals surface area contributed by atoms with Gasteiger partial charge in [0.05, 0.1) is 0 Å². The lowest BCUT2D eigenvalue weighted by Gasteiger charge is -2.11. The van der Waals surface area contributed by atoms with Gasteiger partial charge in [-0.2, -0.15) is 0 Å². The van der Waals surface area contributed by atoms with Crippen LogP contribution in [0, 0.1) is 0 Å². The lowest BCUT2D eigenvalue weighted by Crippen LogP contribution is -2.00. The third-order valence-corrected chi connectivity index (χ3v) is 9.11. The Bertz CT molecular complexity index is 2780. The molecule has 7 aromatic carbocycles. The average Bonchev–Trinajstić information content (AvgIpc) is 3.72. The number of hydrogen-bond donors (Lipinski definition) is 0. The molecule has 0 aliphatic rings. The van der Waals surface area contributed by atoms with Crippen molar-refractivity contribution < 1.29 is 8.83 Å². The fourth-order valence-corrected chi connectivity index (χ4v) is 6.94. The van der Waals surface area contributed by atoms with E-state index in [0.29, 0.717) is 17.5 Å². The summed E-state index contributed by atoms with van der Waals surface area (Å²) in [6.07, 6.45) is 0. The highest BCUT2D eigenvalue weighted by atomic mass is 16.3. The molecule has 10 rings (SSSR count). The molecular weight excluding hydrogens is 590 g/mol. The number of furan rings is 2. The zero-order valence-corrected chi connectivity index (χ0v) is 25.6. The van der Waals surface area contributed by atoms with Crippen molar-refractivity contribution in [1.82, 2.24) is 15.0 Å². The molecule has 5 nitrogen and oxygen atoms in total. The number of hydrogen-bond acceptors (Lipinski definition) is 5. The zero-order chi connectivity index (χ0) is 31.6. The Morgan fingerprint density at radius 3 is 1.69 bits per heavy atom. The zero-order valence-electron chi connectivity index (χ0n) is 25.6. The van der Waals surface area contributed by atoms with Crippen molar-refractivity contribution in [2.45, 2.75) is 0 Å². The Morgan fingerprint density at radius 1 is 0.354 bits per heavy atom. The van der Waals surface area contributed by atoms with Gasteiger partial charge in [0.2, 0.25) is 0 Å². The van der Waals surface area contributed by atoms with E-state index in [9.17, 15) is 0 Å². The van der Waals surface area contributed by atoms with Gasteiger partial charge in [0.25, 0.3) is 0 Å². The number of aromatic nitrogens is 3. The highest BCUT2D eigenvalue weighted by molar-refractivity contribution is 6.25. The highest BCUT2D eigenvalue weighted by Gasteiger charge is 2.21. The Hall–Kier alpha value is -6.59. The molecule has 3 aromatic heterocycles. The van der Waals surface area contributed by atoms with E-state index in [1.54, 1.807) is 0 Å². The standard InChI is InChI=1S/C43H25N3O2/c1-3-12-26(13-4-1)41-44-42(27-14-5-2-6-15-27)46-43(45-41)29-22-23-32-36(25-29)48-37-24-28-16-7-8-17-30(28)39(40(32)37)33-19-11-21-35-38(33)31-18-9-10-20-34(31)47-35/h1-25H. The van der Waals surface area contributed by atoms with E-state index in [4.69, 9.17) is 23.8 Å². The first-order chi connectivity index (χ1) is 23.8. The van der Waals surface area contributed by atoms with Crippen molar-refractivity contribution in [2.75, 3.05) is 0 Å². The van der Waals surface area contributed by atoms with Crippen molar-refractivity contribution in [3.8, 4) is 45.3 Å². The fourth-order valence-electron chi connectivity index (χ4n) is 6.94. The van der Waals surface area contributed by atoms with Gasteiger partial charge in [0, 0.05) is 43.8 Å². The highest BCUT2D eigenvalue weighted by Crippen LogP contribution is 2.46. The molecule has 0 spiro atoms. The van der Waals surface area contributed by atoms with Gasteiger partial charge in [-0.15, -0.1) is 0 Å². The third-order valence-electron chi connectivity index (χ3n) is 9.11.